The van der Waals surface area contributed by atoms with Crippen LogP contribution in [0, 0.1) is 5.92 Å². The van der Waals surface area contributed by atoms with Gasteiger partial charge in [0.1, 0.15) is 0 Å². The van der Waals surface area contributed by atoms with Crippen LogP contribution in [0.15, 0.2) is 17.5 Å². The highest BCUT2D eigenvalue weighted by Crippen LogP contribution is 2.10. The first kappa shape index (κ1) is 15.0. The fourth-order valence-electron chi connectivity index (χ4n) is 1.25. The second-order valence-electron chi connectivity index (χ2n) is 3.80. The molecule has 0 saturated heterocycles. The zero-order valence-electron chi connectivity index (χ0n) is 10.5. The second-order valence-corrected chi connectivity index (χ2v) is 5.86. The number of ether oxygens (including phenoxy) is 1. The third-order valence-corrected chi connectivity index (χ3v) is 4.32. The van der Waals surface area contributed by atoms with Crippen LogP contribution in [0.1, 0.15) is 11.8 Å². The average molecular weight is 287 g/mol. The molecule has 1 unspecified atom stereocenters. The Morgan fingerprint density at radius 2 is 2.33 bits per heavy atom. The van der Waals surface area contributed by atoms with Crippen molar-refractivity contribution in [2.45, 2.75) is 13.5 Å². The number of amides is 1. The van der Waals surface area contributed by atoms with E-state index in [1.165, 1.54) is 18.9 Å². The summed E-state index contributed by atoms with van der Waals surface area (Å²) in [5.74, 6) is 0.545. The van der Waals surface area contributed by atoms with E-state index in [4.69, 9.17) is 0 Å². The molecule has 1 heterocycles. The zero-order valence-corrected chi connectivity index (χ0v) is 12.1. The zero-order chi connectivity index (χ0) is 13.4. The smallest absolute Gasteiger partial charge is 0.309 e. The molecule has 100 valence electrons. The Kier molecular flexibility index (Phi) is 6.82. The molecule has 0 aliphatic rings. The summed E-state index contributed by atoms with van der Waals surface area (Å²) >= 11 is 3.06. The minimum atomic E-state index is -0.235. The molecule has 1 atom stereocenters. The summed E-state index contributed by atoms with van der Waals surface area (Å²) in [6.45, 7) is 2.37. The van der Waals surface area contributed by atoms with Gasteiger partial charge in [-0.25, -0.2) is 0 Å². The van der Waals surface area contributed by atoms with Crippen LogP contribution in [0.3, 0.4) is 0 Å². The first-order chi connectivity index (χ1) is 8.63. The lowest BCUT2D eigenvalue weighted by molar-refractivity contribution is -0.144. The molecule has 1 N–H and O–H groups in total. The number of hydrogen-bond donors (Lipinski definition) is 1. The van der Waals surface area contributed by atoms with E-state index in [1.807, 2.05) is 17.5 Å². The van der Waals surface area contributed by atoms with Crippen LogP contribution in [0.25, 0.3) is 0 Å². The SMILES string of the molecule is COC(=O)C(C)CSCC(=O)NCc1cccs1. The number of hydrogen-bond acceptors (Lipinski definition) is 5. The van der Waals surface area contributed by atoms with E-state index in [-0.39, 0.29) is 17.8 Å². The number of carbonyl (C=O) groups excluding carboxylic acids is 2. The van der Waals surface area contributed by atoms with Gasteiger partial charge in [-0.1, -0.05) is 13.0 Å². The minimum Gasteiger partial charge on any atom is -0.469 e. The Morgan fingerprint density at radius 3 is 2.94 bits per heavy atom. The third kappa shape index (κ3) is 5.55. The monoisotopic (exact) mass is 287 g/mol. The van der Waals surface area contributed by atoms with E-state index in [2.05, 4.69) is 10.1 Å². The summed E-state index contributed by atoms with van der Waals surface area (Å²) in [4.78, 5) is 23.8. The van der Waals surface area contributed by atoms with E-state index < -0.39 is 0 Å². The number of rotatable bonds is 7. The molecule has 1 aromatic heterocycles. The highest BCUT2D eigenvalue weighted by molar-refractivity contribution is 7.99. The summed E-state index contributed by atoms with van der Waals surface area (Å²) in [6, 6.07) is 3.94. The van der Waals surface area contributed by atoms with Crippen LogP contribution in [0.2, 0.25) is 0 Å². The van der Waals surface area contributed by atoms with Crippen molar-refractivity contribution in [3.63, 3.8) is 0 Å². The number of thioether (sulfide) groups is 1. The Balaban J connectivity index is 2.12. The number of esters is 1. The maximum atomic E-state index is 11.5. The fourth-order valence-corrected chi connectivity index (χ4v) is 2.79. The van der Waals surface area contributed by atoms with Crippen LogP contribution in [-0.4, -0.2) is 30.5 Å². The highest BCUT2D eigenvalue weighted by atomic mass is 32.2. The largest absolute Gasteiger partial charge is 0.469 e. The number of thiophene rings is 1. The first-order valence-electron chi connectivity index (χ1n) is 5.58. The van der Waals surface area contributed by atoms with Crippen molar-refractivity contribution in [1.29, 1.82) is 0 Å². The van der Waals surface area contributed by atoms with Crippen LogP contribution in [0.5, 0.6) is 0 Å². The molecule has 0 aromatic carbocycles. The van der Waals surface area contributed by atoms with E-state index in [0.29, 0.717) is 18.1 Å². The molecule has 0 fully saturated rings. The van der Waals surface area contributed by atoms with Crippen LogP contribution >= 0.6 is 23.1 Å². The molecule has 4 nitrogen and oxygen atoms in total. The predicted octanol–water partition coefficient (Wildman–Crippen LogP) is 1.91. The standard InChI is InChI=1S/C12H17NO3S2/c1-9(12(15)16-2)7-17-8-11(14)13-6-10-4-3-5-18-10/h3-5,9H,6-8H2,1-2H3,(H,13,14). The number of carbonyl (C=O) groups is 2. The molecule has 0 radical (unpaired) electrons. The molecular weight excluding hydrogens is 270 g/mol. The molecule has 0 aliphatic heterocycles. The summed E-state index contributed by atoms with van der Waals surface area (Å²) in [6.07, 6.45) is 0. The number of methoxy groups -OCH3 is 1. The van der Waals surface area contributed by atoms with Crippen molar-refractivity contribution in [3.05, 3.63) is 22.4 Å². The molecule has 0 saturated carbocycles. The normalized spacial score (nSPS) is 11.9. The van der Waals surface area contributed by atoms with Gasteiger partial charge in [-0.15, -0.1) is 11.3 Å². The van der Waals surface area contributed by atoms with Gasteiger partial charge in [-0.05, 0) is 11.4 Å². The van der Waals surface area contributed by atoms with Crippen LogP contribution in [0.4, 0.5) is 0 Å². The quantitative estimate of drug-likeness (QED) is 0.778. The molecular formula is C12H17NO3S2. The van der Waals surface area contributed by atoms with Gasteiger partial charge in [0.05, 0.1) is 25.3 Å². The predicted molar refractivity (Wildman–Crippen MR) is 74.7 cm³/mol. The summed E-state index contributed by atoms with van der Waals surface area (Å²) in [5.41, 5.74) is 0. The van der Waals surface area contributed by atoms with Gasteiger partial charge in [0.2, 0.25) is 5.91 Å². The van der Waals surface area contributed by atoms with E-state index in [1.54, 1.807) is 18.3 Å². The van der Waals surface area contributed by atoms with Crippen molar-refractivity contribution < 1.29 is 14.3 Å². The summed E-state index contributed by atoms with van der Waals surface area (Å²) < 4.78 is 4.61. The molecule has 1 aromatic rings. The van der Waals surface area contributed by atoms with Crippen LogP contribution in [-0.2, 0) is 20.9 Å². The van der Waals surface area contributed by atoms with Crippen molar-refractivity contribution in [2.24, 2.45) is 5.92 Å². The van der Waals surface area contributed by atoms with Gasteiger partial charge in [0.25, 0.3) is 0 Å². The summed E-state index contributed by atoms with van der Waals surface area (Å²) in [5, 5.41) is 4.82. The van der Waals surface area contributed by atoms with Crippen molar-refractivity contribution >= 4 is 35.0 Å². The minimum absolute atomic E-state index is 0.00883. The maximum absolute atomic E-state index is 11.5. The van der Waals surface area contributed by atoms with Gasteiger partial charge >= 0.3 is 5.97 Å². The lowest BCUT2D eigenvalue weighted by atomic mass is 10.2. The number of nitrogens with one attached hydrogen (secondary N) is 1. The summed E-state index contributed by atoms with van der Waals surface area (Å²) in [7, 11) is 1.37. The maximum Gasteiger partial charge on any atom is 0.309 e. The first-order valence-corrected chi connectivity index (χ1v) is 7.61. The van der Waals surface area contributed by atoms with Crippen molar-refractivity contribution in [3.8, 4) is 0 Å². The van der Waals surface area contributed by atoms with E-state index >= 15 is 0 Å². The fraction of sp³-hybridized carbons (Fsp3) is 0.500. The van der Waals surface area contributed by atoms with Gasteiger partial charge in [-0.2, -0.15) is 11.8 Å². The van der Waals surface area contributed by atoms with Crippen molar-refractivity contribution in [1.82, 2.24) is 5.32 Å². The highest BCUT2D eigenvalue weighted by Gasteiger charge is 2.13. The molecule has 6 heteroatoms. The molecule has 0 bridgehead atoms. The Bertz CT molecular complexity index is 379. The van der Waals surface area contributed by atoms with Crippen LogP contribution < -0.4 is 5.32 Å². The molecule has 0 aliphatic carbocycles. The second kappa shape index (κ2) is 8.16. The van der Waals surface area contributed by atoms with Gasteiger partial charge in [0.15, 0.2) is 0 Å². The molecule has 0 spiro atoms. The molecule has 18 heavy (non-hydrogen) atoms. The lowest BCUT2D eigenvalue weighted by Crippen LogP contribution is -2.25. The Hall–Kier alpha value is -1.01. The van der Waals surface area contributed by atoms with Gasteiger partial charge in [-0.3, -0.25) is 9.59 Å². The topological polar surface area (TPSA) is 55.4 Å². The molecule has 1 rings (SSSR count). The van der Waals surface area contributed by atoms with Gasteiger partial charge in [0, 0.05) is 10.6 Å². The average Bonchev–Trinajstić information content (AvgIpc) is 2.88. The lowest BCUT2D eigenvalue weighted by Gasteiger charge is -2.08. The Morgan fingerprint density at radius 1 is 1.56 bits per heavy atom. The van der Waals surface area contributed by atoms with Gasteiger partial charge < -0.3 is 10.1 Å². The third-order valence-electron chi connectivity index (χ3n) is 2.24. The van der Waals surface area contributed by atoms with Crippen molar-refractivity contribution in [2.75, 3.05) is 18.6 Å². The molecule has 1 amide bonds. The van der Waals surface area contributed by atoms with E-state index in [9.17, 15) is 9.59 Å². The van der Waals surface area contributed by atoms with E-state index in [0.717, 1.165) is 4.88 Å². The Labute approximate surface area is 115 Å².